The molecule has 0 heterocycles. The van der Waals surface area contributed by atoms with Gasteiger partial charge in [0.1, 0.15) is 0 Å². The molecule has 1 aromatic carbocycles. The van der Waals surface area contributed by atoms with Gasteiger partial charge in [0, 0.05) is 17.9 Å². The van der Waals surface area contributed by atoms with Crippen LogP contribution >= 0.6 is 0 Å². The lowest BCUT2D eigenvalue weighted by atomic mass is 9.63. The van der Waals surface area contributed by atoms with Crippen LogP contribution in [0.2, 0.25) is 33.2 Å². The fourth-order valence-electron chi connectivity index (χ4n) is 11.5. The first-order valence-electron chi connectivity index (χ1n) is 21.0. The maximum absolute atomic E-state index is 12.1. The number of carbonyl (C=O) groups is 1. The minimum Gasteiger partial charge on any atom is -0.465 e. The summed E-state index contributed by atoms with van der Waals surface area (Å²) >= 11 is 0. The molecule has 5 atom stereocenters. The predicted octanol–water partition coefficient (Wildman–Crippen LogP) is 13.4. The second-order valence-corrected chi connectivity index (χ2v) is 29.6. The van der Waals surface area contributed by atoms with Crippen molar-refractivity contribution in [3.63, 3.8) is 0 Å². The van der Waals surface area contributed by atoms with Gasteiger partial charge in [-0.25, -0.2) is 4.79 Å². The molecule has 0 unspecified atom stereocenters. The lowest BCUT2D eigenvalue weighted by molar-refractivity contribution is 0.0600. The average Bonchev–Trinajstić information content (AvgIpc) is 3.43. The number of ether oxygens (including phenoxy) is 1. The van der Waals surface area contributed by atoms with Gasteiger partial charge in [-0.2, -0.15) is 0 Å². The van der Waals surface area contributed by atoms with Gasteiger partial charge in [0.15, 0.2) is 0 Å². The van der Waals surface area contributed by atoms with E-state index in [4.69, 9.17) is 20.2 Å². The van der Waals surface area contributed by atoms with Crippen LogP contribution in [0.4, 0.5) is 0 Å². The van der Waals surface area contributed by atoms with Crippen LogP contribution < -0.4 is 0 Å². The van der Waals surface area contributed by atoms with E-state index in [1.165, 1.54) is 37.5 Å². The van der Waals surface area contributed by atoms with E-state index in [9.17, 15) is 4.79 Å². The zero-order valence-electron chi connectivity index (χ0n) is 36.0. The highest BCUT2D eigenvalue weighted by molar-refractivity contribution is 6.78. The normalized spacial score (nSPS) is 27.1. The zero-order chi connectivity index (χ0) is 39.5. The Hall–Kier alpha value is -2.18. The summed E-state index contributed by atoms with van der Waals surface area (Å²) in [5, 5.41) is 0. The number of fused-ring (bicyclic) bond motifs is 1. The Morgan fingerprint density at radius 1 is 0.868 bits per heavy atom. The summed E-state index contributed by atoms with van der Waals surface area (Å²) in [6.45, 7) is 36.0. The van der Waals surface area contributed by atoms with Crippen LogP contribution in [-0.2, 0) is 13.6 Å². The van der Waals surface area contributed by atoms with Crippen molar-refractivity contribution in [2.24, 2.45) is 17.3 Å². The number of benzene rings is 1. The number of hydrogen-bond acceptors (Lipinski definition) is 4. The summed E-state index contributed by atoms with van der Waals surface area (Å²) in [6, 6.07) is 7.52. The molecule has 3 fully saturated rings. The largest absolute Gasteiger partial charge is 0.465 e. The van der Waals surface area contributed by atoms with Crippen molar-refractivity contribution >= 4 is 22.6 Å². The Kier molecular flexibility index (Phi) is 14.6. The van der Waals surface area contributed by atoms with E-state index in [0.717, 1.165) is 31.2 Å². The third kappa shape index (κ3) is 8.80. The van der Waals surface area contributed by atoms with Gasteiger partial charge in [-0.05, 0) is 112 Å². The fraction of sp³-hybridized carbons (Fsp3) is 0.681. The van der Waals surface area contributed by atoms with Gasteiger partial charge >= 0.3 is 5.97 Å². The SMILES string of the molecule is C=C1/C(=C\C=C2/CCC[C@]3(C)[C@@H](C#Cc4cccc(C(=O)OC)c4)CC[C@@H]23)C[C@@H](O[Si](C(C)C)(C(C)C)C(C)C)C[C@@H]1O[Si](C(C)C)(C(C)C)C(C)C. The van der Waals surface area contributed by atoms with Crippen LogP contribution in [0.25, 0.3) is 0 Å². The van der Waals surface area contributed by atoms with Crippen LogP contribution in [-0.4, -0.2) is 41.9 Å². The molecule has 53 heavy (non-hydrogen) atoms. The minimum absolute atomic E-state index is 0.0177. The number of rotatable bonds is 12. The molecular weight excluding hydrogens is 685 g/mol. The quantitative estimate of drug-likeness (QED) is 0.121. The Morgan fingerprint density at radius 3 is 2.02 bits per heavy atom. The molecule has 6 heteroatoms. The molecule has 0 radical (unpaired) electrons. The third-order valence-corrected chi connectivity index (χ3v) is 26.3. The van der Waals surface area contributed by atoms with Crippen molar-refractivity contribution in [2.45, 2.75) is 180 Å². The van der Waals surface area contributed by atoms with Crippen molar-refractivity contribution < 1.29 is 18.4 Å². The molecule has 294 valence electrons. The van der Waals surface area contributed by atoms with Gasteiger partial charge in [0.2, 0.25) is 16.6 Å². The Balaban J connectivity index is 1.69. The summed E-state index contributed by atoms with van der Waals surface area (Å²) < 4.78 is 20.1. The number of methoxy groups -OCH3 is 1. The van der Waals surface area contributed by atoms with E-state index in [1.54, 1.807) is 11.6 Å². The predicted molar refractivity (Wildman–Crippen MR) is 229 cm³/mol. The van der Waals surface area contributed by atoms with E-state index in [1.807, 2.05) is 18.2 Å². The zero-order valence-corrected chi connectivity index (χ0v) is 38.0. The molecule has 0 amide bonds. The van der Waals surface area contributed by atoms with Crippen molar-refractivity contribution in [1.29, 1.82) is 0 Å². The Bertz CT molecular complexity index is 1530. The number of esters is 1. The van der Waals surface area contributed by atoms with Crippen LogP contribution in [0.1, 0.15) is 151 Å². The highest BCUT2D eigenvalue weighted by atomic mass is 28.4. The molecule has 0 bridgehead atoms. The molecule has 0 aliphatic heterocycles. The molecule has 4 rings (SSSR count). The molecule has 3 aliphatic carbocycles. The minimum atomic E-state index is -2.16. The standard InChI is InChI=1S/C47H74O4Si2/c1-31(2)52(32(3)4,33(5)6)50-43-29-40(37(13)45(30-43)51-53(34(7)8,35(9)10)36(11)12)23-22-39-20-17-27-47(14)42(25-26-44(39)47)24-21-38-18-16-19-41(28-38)46(48)49-15/h16,18-19,22-23,28,31-36,42-45H,13,17,20,25-27,29-30H2,1-12,14-15H3/b39-22+,40-23-/t42-,43+,44-,45-,47+/m0/s1. The highest BCUT2D eigenvalue weighted by Crippen LogP contribution is 2.57. The van der Waals surface area contributed by atoms with Crippen LogP contribution in [0.3, 0.4) is 0 Å². The van der Waals surface area contributed by atoms with Crippen molar-refractivity contribution in [2.75, 3.05) is 7.11 Å². The van der Waals surface area contributed by atoms with Gasteiger partial charge in [0.25, 0.3) is 0 Å². The van der Waals surface area contributed by atoms with E-state index in [2.05, 4.69) is 114 Å². The smallest absolute Gasteiger partial charge is 0.337 e. The van der Waals surface area contributed by atoms with E-state index < -0.39 is 16.6 Å². The molecule has 3 saturated carbocycles. The van der Waals surface area contributed by atoms with Gasteiger partial charge in [0.05, 0.1) is 24.9 Å². The highest BCUT2D eigenvalue weighted by Gasteiger charge is 2.51. The van der Waals surface area contributed by atoms with Crippen molar-refractivity contribution in [1.82, 2.24) is 0 Å². The van der Waals surface area contributed by atoms with Crippen LogP contribution in [0.5, 0.6) is 0 Å². The molecule has 0 saturated heterocycles. The first-order chi connectivity index (χ1) is 24.8. The summed E-state index contributed by atoms with van der Waals surface area (Å²) in [6.07, 6.45) is 12.6. The Labute approximate surface area is 327 Å². The van der Waals surface area contributed by atoms with E-state index >= 15 is 0 Å². The summed E-state index contributed by atoms with van der Waals surface area (Å²) in [7, 11) is -2.84. The van der Waals surface area contributed by atoms with E-state index in [-0.39, 0.29) is 23.6 Å². The van der Waals surface area contributed by atoms with Crippen molar-refractivity contribution in [3.05, 3.63) is 70.8 Å². The number of allylic oxidation sites excluding steroid dienone is 3. The lowest BCUT2D eigenvalue weighted by Gasteiger charge is -2.49. The second kappa shape index (κ2) is 17.7. The maximum Gasteiger partial charge on any atom is 0.337 e. The van der Waals surface area contributed by atoms with Crippen molar-refractivity contribution in [3.8, 4) is 11.8 Å². The Morgan fingerprint density at radius 2 is 1.45 bits per heavy atom. The first-order valence-corrected chi connectivity index (χ1v) is 25.3. The molecule has 0 N–H and O–H groups in total. The second-order valence-electron chi connectivity index (χ2n) is 18.8. The van der Waals surface area contributed by atoms with Gasteiger partial charge in [-0.1, -0.05) is 132 Å². The summed E-state index contributed by atoms with van der Waals surface area (Å²) in [5.41, 5.74) is 8.77. The molecule has 3 aliphatic rings. The van der Waals surface area contributed by atoms with E-state index in [0.29, 0.717) is 50.6 Å². The summed E-state index contributed by atoms with van der Waals surface area (Å²) in [5.74, 6) is 7.65. The average molecular weight is 759 g/mol. The molecule has 1 aromatic rings. The number of carbonyl (C=O) groups excluding carboxylic acids is 1. The van der Waals surface area contributed by atoms with Gasteiger partial charge < -0.3 is 13.6 Å². The first kappa shape index (κ1) is 43.6. The summed E-state index contributed by atoms with van der Waals surface area (Å²) in [4.78, 5) is 12.1. The molecule has 4 nitrogen and oxygen atoms in total. The third-order valence-electron chi connectivity index (χ3n) is 14.0. The lowest BCUT2D eigenvalue weighted by Crippen LogP contribution is -2.54. The topological polar surface area (TPSA) is 44.8 Å². The monoisotopic (exact) mass is 759 g/mol. The van der Waals surface area contributed by atoms with Crippen LogP contribution in [0, 0.1) is 29.1 Å². The van der Waals surface area contributed by atoms with Gasteiger partial charge in [-0.15, -0.1) is 0 Å². The van der Waals surface area contributed by atoms with Crippen LogP contribution in [0.15, 0.2) is 59.7 Å². The van der Waals surface area contributed by atoms with Gasteiger partial charge in [-0.3, -0.25) is 0 Å². The molecular formula is C47H74O4Si2. The number of hydrogen-bond donors (Lipinski definition) is 0. The maximum atomic E-state index is 12.1. The molecule has 0 spiro atoms. The molecule has 0 aromatic heterocycles. The fourth-order valence-corrected chi connectivity index (χ4v) is 22.6.